The lowest BCUT2D eigenvalue weighted by Gasteiger charge is -2.11. The molecule has 0 fully saturated rings. The van der Waals surface area contributed by atoms with Crippen molar-refractivity contribution in [3.8, 4) is 15.5 Å². The van der Waals surface area contributed by atoms with Crippen LogP contribution in [0.5, 0.6) is 5.75 Å². The average Bonchev–Trinajstić information content (AvgIpc) is 3.30. The standard InChI is InChI=1S/C18H16ClNO3S2/c19-12-3-5-13(6-4-12)23-11-18(22)20-10-14(21)15-7-8-17(25-15)16-2-1-9-24-16/h1-9,14,21H,10-11H2,(H,20,22). The number of carbonyl (C=O) groups excluding carboxylic acids is 1. The summed E-state index contributed by atoms with van der Waals surface area (Å²) < 4.78 is 5.37. The predicted molar refractivity (Wildman–Crippen MR) is 103 cm³/mol. The van der Waals surface area contributed by atoms with Crippen molar-refractivity contribution in [1.82, 2.24) is 5.32 Å². The van der Waals surface area contributed by atoms with E-state index < -0.39 is 6.10 Å². The third kappa shape index (κ3) is 5.06. The molecule has 4 nitrogen and oxygen atoms in total. The zero-order valence-corrected chi connectivity index (χ0v) is 15.5. The van der Waals surface area contributed by atoms with Gasteiger partial charge in [-0.25, -0.2) is 0 Å². The lowest BCUT2D eigenvalue weighted by molar-refractivity contribution is -0.123. The van der Waals surface area contributed by atoms with E-state index in [1.807, 2.05) is 29.6 Å². The molecule has 1 amide bonds. The zero-order chi connectivity index (χ0) is 17.6. The summed E-state index contributed by atoms with van der Waals surface area (Å²) >= 11 is 8.98. The number of rotatable bonds is 7. The largest absolute Gasteiger partial charge is 0.484 e. The first-order valence-electron chi connectivity index (χ1n) is 7.58. The van der Waals surface area contributed by atoms with Crippen molar-refractivity contribution in [2.24, 2.45) is 0 Å². The maximum atomic E-state index is 11.8. The Balaban J connectivity index is 1.46. The predicted octanol–water partition coefficient (Wildman–Crippen LogP) is 4.36. The van der Waals surface area contributed by atoms with Gasteiger partial charge in [0.25, 0.3) is 5.91 Å². The van der Waals surface area contributed by atoms with Crippen LogP contribution in [0, 0.1) is 0 Å². The Morgan fingerprint density at radius 3 is 2.68 bits per heavy atom. The van der Waals surface area contributed by atoms with E-state index in [0.717, 1.165) is 9.75 Å². The van der Waals surface area contributed by atoms with Crippen LogP contribution in [0.15, 0.2) is 53.9 Å². The molecule has 0 aliphatic heterocycles. The quantitative estimate of drug-likeness (QED) is 0.627. The number of hydrogen-bond acceptors (Lipinski definition) is 5. The summed E-state index contributed by atoms with van der Waals surface area (Å²) in [7, 11) is 0. The Labute approximate surface area is 158 Å². The van der Waals surface area contributed by atoms with Crippen LogP contribution in [-0.2, 0) is 4.79 Å². The Kier molecular flexibility index (Phi) is 6.09. The first-order valence-corrected chi connectivity index (χ1v) is 9.66. The Morgan fingerprint density at radius 2 is 1.96 bits per heavy atom. The number of carbonyl (C=O) groups is 1. The summed E-state index contributed by atoms with van der Waals surface area (Å²) in [4.78, 5) is 14.9. The monoisotopic (exact) mass is 393 g/mol. The molecule has 1 unspecified atom stereocenters. The third-order valence-corrected chi connectivity index (χ3v) is 5.90. The molecule has 0 saturated carbocycles. The van der Waals surface area contributed by atoms with Crippen LogP contribution in [0.25, 0.3) is 9.75 Å². The van der Waals surface area contributed by atoms with E-state index in [4.69, 9.17) is 16.3 Å². The van der Waals surface area contributed by atoms with Gasteiger partial charge >= 0.3 is 0 Å². The summed E-state index contributed by atoms with van der Waals surface area (Å²) in [5.41, 5.74) is 0. The number of aliphatic hydroxyl groups excluding tert-OH is 1. The average molecular weight is 394 g/mol. The number of amides is 1. The second kappa shape index (κ2) is 8.49. The minimum Gasteiger partial charge on any atom is -0.484 e. The van der Waals surface area contributed by atoms with Crippen molar-refractivity contribution in [2.75, 3.05) is 13.2 Å². The highest BCUT2D eigenvalue weighted by Gasteiger charge is 2.13. The van der Waals surface area contributed by atoms with Gasteiger partial charge in [-0.2, -0.15) is 0 Å². The minimum atomic E-state index is -0.738. The van der Waals surface area contributed by atoms with E-state index in [-0.39, 0.29) is 19.1 Å². The van der Waals surface area contributed by atoms with Crippen LogP contribution in [0.2, 0.25) is 5.02 Å². The molecular formula is C18H16ClNO3S2. The second-order valence-electron chi connectivity index (χ2n) is 5.24. The summed E-state index contributed by atoms with van der Waals surface area (Å²) in [6, 6.07) is 14.7. The molecule has 3 rings (SSSR count). The van der Waals surface area contributed by atoms with Gasteiger partial charge in [0.1, 0.15) is 11.9 Å². The maximum absolute atomic E-state index is 11.8. The summed E-state index contributed by atoms with van der Waals surface area (Å²) in [5.74, 6) is 0.281. The zero-order valence-electron chi connectivity index (χ0n) is 13.1. The van der Waals surface area contributed by atoms with E-state index in [1.165, 1.54) is 16.2 Å². The van der Waals surface area contributed by atoms with Gasteiger partial charge in [-0.05, 0) is 47.8 Å². The summed E-state index contributed by atoms with van der Waals surface area (Å²) in [5, 5.41) is 15.5. The normalized spacial score (nSPS) is 11.9. The number of nitrogens with one attached hydrogen (secondary N) is 1. The van der Waals surface area contributed by atoms with Crippen LogP contribution >= 0.6 is 34.3 Å². The second-order valence-corrected chi connectivity index (χ2v) is 7.74. The van der Waals surface area contributed by atoms with Gasteiger partial charge in [0.15, 0.2) is 6.61 Å². The lowest BCUT2D eigenvalue weighted by atomic mass is 10.3. The molecule has 2 N–H and O–H groups in total. The smallest absolute Gasteiger partial charge is 0.258 e. The number of aliphatic hydroxyl groups is 1. The molecule has 0 radical (unpaired) electrons. The SMILES string of the molecule is O=C(COc1ccc(Cl)cc1)NCC(O)c1ccc(-c2cccs2)s1. The van der Waals surface area contributed by atoms with Crippen LogP contribution in [0.1, 0.15) is 11.0 Å². The summed E-state index contributed by atoms with van der Waals surface area (Å²) in [6.07, 6.45) is -0.738. The molecular weight excluding hydrogens is 378 g/mol. The fourth-order valence-electron chi connectivity index (χ4n) is 2.12. The minimum absolute atomic E-state index is 0.112. The van der Waals surface area contributed by atoms with E-state index in [2.05, 4.69) is 5.32 Å². The topological polar surface area (TPSA) is 58.6 Å². The van der Waals surface area contributed by atoms with E-state index in [1.54, 1.807) is 35.6 Å². The van der Waals surface area contributed by atoms with Crippen LogP contribution in [0.4, 0.5) is 0 Å². The molecule has 0 spiro atoms. The molecule has 1 atom stereocenters. The Bertz CT molecular complexity index is 815. The van der Waals surface area contributed by atoms with Crippen molar-refractivity contribution in [3.63, 3.8) is 0 Å². The van der Waals surface area contributed by atoms with Gasteiger partial charge in [-0.3, -0.25) is 4.79 Å². The molecule has 0 saturated heterocycles. The van der Waals surface area contributed by atoms with Gasteiger partial charge in [0.05, 0.1) is 0 Å². The number of halogens is 1. The molecule has 2 heterocycles. The van der Waals surface area contributed by atoms with Gasteiger partial charge in [0.2, 0.25) is 0 Å². The fourth-order valence-corrected chi connectivity index (χ4v) is 4.08. The third-order valence-electron chi connectivity index (χ3n) is 3.40. The van der Waals surface area contributed by atoms with Crippen LogP contribution in [0.3, 0.4) is 0 Å². The highest BCUT2D eigenvalue weighted by Crippen LogP contribution is 2.33. The fraction of sp³-hybridized carbons (Fsp3) is 0.167. The van der Waals surface area contributed by atoms with E-state index in [9.17, 15) is 9.90 Å². The van der Waals surface area contributed by atoms with E-state index in [0.29, 0.717) is 10.8 Å². The number of thiophene rings is 2. The molecule has 0 aliphatic rings. The molecule has 130 valence electrons. The van der Waals surface area contributed by atoms with Crippen molar-refractivity contribution < 1.29 is 14.6 Å². The molecule has 25 heavy (non-hydrogen) atoms. The van der Waals surface area contributed by atoms with Crippen molar-refractivity contribution in [2.45, 2.75) is 6.10 Å². The van der Waals surface area contributed by atoms with Gasteiger partial charge in [-0.15, -0.1) is 22.7 Å². The Morgan fingerprint density at radius 1 is 1.16 bits per heavy atom. The first-order chi connectivity index (χ1) is 12.1. The first kappa shape index (κ1) is 17.9. The molecule has 0 aliphatic carbocycles. The van der Waals surface area contributed by atoms with Gasteiger partial charge in [-0.1, -0.05) is 17.7 Å². The number of hydrogen-bond donors (Lipinski definition) is 2. The van der Waals surface area contributed by atoms with Crippen molar-refractivity contribution in [1.29, 1.82) is 0 Å². The van der Waals surface area contributed by atoms with E-state index >= 15 is 0 Å². The molecule has 3 aromatic rings. The van der Waals surface area contributed by atoms with Gasteiger partial charge in [0, 0.05) is 26.2 Å². The summed E-state index contributed by atoms with van der Waals surface area (Å²) in [6.45, 7) is 0.0342. The van der Waals surface area contributed by atoms with Crippen molar-refractivity contribution >= 4 is 40.2 Å². The molecule has 7 heteroatoms. The van der Waals surface area contributed by atoms with Crippen LogP contribution in [-0.4, -0.2) is 24.2 Å². The molecule has 1 aromatic carbocycles. The van der Waals surface area contributed by atoms with Crippen molar-refractivity contribution in [3.05, 3.63) is 63.8 Å². The van der Waals surface area contributed by atoms with Crippen LogP contribution < -0.4 is 10.1 Å². The number of ether oxygens (including phenoxy) is 1. The number of benzene rings is 1. The highest BCUT2D eigenvalue weighted by atomic mass is 35.5. The highest BCUT2D eigenvalue weighted by molar-refractivity contribution is 7.21. The molecule has 2 aromatic heterocycles. The Hall–Kier alpha value is -1.86. The molecule has 0 bridgehead atoms. The van der Waals surface area contributed by atoms with Gasteiger partial charge < -0.3 is 15.2 Å². The lowest BCUT2D eigenvalue weighted by Crippen LogP contribution is -2.32. The maximum Gasteiger partial charge on any atom is 0.258 e.